The van der Waals surface area contributed by atoms with Gasteiger partial charge in [0.15, 0.2) is 0 Å². The largest absolute Gasteiger partial charge is 0.423 e. The minimum atomic E-state index is -0.698. The topological polar surface area (TPSA) is 50.1 Å². The summed E-state index contributed by atoms with van der Waals surface area (Å²) in [6.45, 7) is 4.62. The lowest BCUT2D eigenvalue weighted by molar-refractivity contribution is 0.0734. The van der Waals surface area contributed by atoms with Gasteiger partial charge in [-0.25, -0.2) is 9.18 Å². The van der Waals surface area contributed by atoms with Crippen molar-refractivity contribution in [2.75, 3.05) is 0 Å². The van der Waals surface area contributed by atoms with Gasteiger partial charge in [0, 0.05) is 6.07 Å². The SMILES string of the molecule is CCCCC1CCC(C(C)Cc2ccc(C(=O)Oc3ccc(C#N)c(F)c3)cc2)CC1. The Morgan fingerprint density at radius 1 is 1.16 bits per heavy atom. The van der Waals surface area contributed by atoms with Gasteiger partial charge in [-0.1, -0.05) is 58.1 Å². The summed E-state index contributed by atoms with van der Waals surface area (Å²) in [5.74, 6) is 1.21. The van der Waals surface area contributed by atoms with E-state index in [-0.39, 0.29) is 11.3 Å². The van der Waals surface area contributed by atoms with Crippen LogP contribution in [0, 0.1) is 34.9 Å². The van der Waals surface area contributed by atoms with Crippen molar-refractivity contribution in [2.24, 2.45) is 17.8 Å². The zero-order valence-electron chi connectivity index (χ0n) is 18.6. The van der Waals surface area contributed by atoms with E-state index in [2.05, 4.69) is 13.8 Å². The average molecular weight is 422 g/mol. The molecule has 1 unspecified atom stereocenters. The summed E-state index contributed by atoms with van der Waals surface area (Å²) in [5.41, 5.74) is 1.58. The summed E-state index contributed by atoms with van der Waals surface area (Å²) in [5, 5.41) is 8.79. The number of benzene rings is 2. The normalized spacial score (nSPS) is 19.4. The third kappa shape index (κ3) is 6.40. The summed E-state index contributed by atoms with van der Waals surface area (Å²) in [7, 11) is 0. The minimum Gasteiger partial charge on any atom is -0.423 e. The molecule has 31 heavy (non-hydrogen) atoms. The van der Waals surface area contributed by atoms with E-state index in [1.54, 1.807) is 18.2 Å². The Morgan fingerprint density at radius 2 is 1.87 bits per heavy atom. The van der Waals surface area contributed by atoms with Crippen LogP contribution < -0.4 is 4.74 Å². The first-order valence-corrected chi connectivity index (χ1v) is 11.5. The van der Waals surface area contributed by atoms with E-state index < -0.39 is 11.8 Å². The Morgan fingerprint density at radius 3 is 2.48 bits per heavy atom. The van der Waals surface area contributed by atoms with Crippen LogP contribution in [-0.4, -0.2) is 5.97 Å². The van der Waals surface area contributed by atoms with Crippen molar-refractivity contribution in [1.82, 2.24) is 0 Å². The predicted molar refractivity (Wildman–Crippen MR) is 120 cm³/mol. The predicted octanol–water partition coefficient (Wildman–Crippen LogP) is 7.09. The fraction of sp³-hybridized carbons (Fsp3) is 0.481. The number of rotatable bonds is 8. The van der Waals surface area contributed by atoms with E-state index >= 15 is 0 Å². The first kappa shape index (κ1) is 23.0. The molecular formula is C27H32FNO2. The Hall–Kier alpha value is -2.67. The fourth-order valence-corrected chi connectivity index (χ4v) is 4.67. The van der Waals surface area contributed by atoms with Crippen molar-refractivity contribution in [3.63, 3.8) is 0 Å². The molecule has 4 heteroatoms. The van der Waals surface area contributed by atoms with E-state index in [4.69, 9.17) is 10.00 Å². The number of hydrogen-bond acceptors (Lipinski definition) is 3. The first-order valence-electron chi connectivity index (χ1n) is 11.5. The molecule has 1 aliphatic rings. The summed E-state index contributed by atoms with van der Waals surface area (Å²) in [6, 6.07) is 13.0. The number of esters is 1. The summed E-state index contributed by atoms with van der Waals surface area (Å²) < 4.78 is 18.9. The molecular weight excluding hydrogens is 389 g/mol. The maximum atomic E-state index is 13.7. The number of nitriles is 1. The van der Waals surface area contributed by atoms with Gasteiger partial charge in [0.2, 0.25) is 0 Å². The molecule has 164 valence electrons. The highest BCUT2D eigenvalue weighted by atomic mass is 19.1. The molecule has 0 aliphatic heterocycles. The van der Waals surface area contributed by atoms with Gasteiger partial charge in [0.05, 0.1) is 11.1 Å². The molecule has 3 nitrogen and oxygen atoms in total. The molecule has 1 fully saturated rings. The van der Waals surface area contributed by atoms with E-state index in [1.807, 2.05) is 12.1 Å². The van der Waals surface area contributed by atoms with Gasteiger partial charge in [0.25, 0.3) is 0 Å². The lowest BCUT2D eigenvalue weighted by Gasteiger charge is -2.32. The zero-order valence-corrected chi connectivity index (χ0v) is 18.6. The maximum absolute atomic E-state index is 13.7. The van der Waals surface area contributed by atoms with Crippen molar-refractivity contribution >= 4 is 5.97 Å². The third-order valence-electron chi connectivity index (χ3n) is 6.68. The standard InChI is InChI=1S/C27H32FNO2/c1-3-4-5-20-6-10-22(11-7-20)19(2)16-21-8-12-23(13-9-21)27(30)31-25-15-14-24(18-29)26(28)17-25/h8-9,12-15,17,19-20,22H,3-7,10-11,16H2,1-2H3. The smallest absolute Gasteiger partial charge is 0.343 e. The molecule has 2 aromatic carbocycles. The monoisotopic (exact) mass is 421 g/mol. The zero-order chi connectivity index (χ0) is 22.2. The number of nitrogens with zero attached hydrogens (tertiary/aromatic N) is 1. The second-order valence-electron chi connectivity index (χ2n) is 8.94. The highest BCUT2D eigenvalue weighted by Gasteiger charge is 2.25. The van der Waals surface area contributed by atoms with Crippen LogP contribution in [0.2, 0.25) is 0 Å². The summed E-state index contributed by atoms with van der Waals surface area (Å²) >= 11 is 0. The van der Waals surface area contributed by atoms with Crippen LogP contribution in [0.4, 0.5) is 4.39 Å². The number of hydrogen-bond donors (Lipinski definition) is 0. The van der Waals surface area contributed by atoms with Crippen LogP contribution >= 0.6 is 0 Å². The van der Waals surface area contributed by atoms with Crippen LogP contribution in [0.15, 0.2) is 42.5 Å². The highest BCUT2D eigenvalue weighted by molar-refractivity contribution is 5.91. The van der Waals surface area contributed by atoms with Gasteiger partial charge < -0.3 is 4.74 Å². The van der Waals surface area contributed by atoms with Crippen LogP contribution in [0.5, 0.6) is 5.75 Å². The molecule has 1 saturated carbocycles. The molecule has 1 aliphatic carbocycles. The average Bonchev–Trinajstić information content (AvgIpc) is 2.78. The Kier molecular flexibility index (Phi) is 8.23. The number of carbonyl (C=O) groups excluding carboxylic acids is 1. The summed E-state index contributed by atoms with van der Waals surface area (Å²) in [6.07, 6.45) is 10.5. The van der Waals surface area contributed by atoms with Crippen molar-refractivity contribution in [2.45, 2.75) is 65.2 Å². The van der Waals surface area contributed by atoms with Gasteiger partial charge in [0.1, 0.15) is 17.6 Å². The molecule has 0 N–H and O–H groups in total. The number of carbonyl (C=O) groups is 1. The number of halogens is 1. The Bertz CT molecular complexity index is 908. The lowest BCUT2D eigenvalue weighted by atomic mass is 9.73. The Balaban J connectivity index is 1.51. The van der Waals surface area contributed by atoms with E-state index in [9.17, 15) is 9.18 Å². The van der Waals surface area contributed by atoms with Gasteiger partial charge in [-0.05, 0) is 66.8 Å². The van der Waals surface area contributed by atoms with Crippen molar-refractivity contribution in [1.29, 1.82) is 5.26 Å². The van der Waals surface area contributed by atoms with Crippen LogP contribution in [-0.2, 0) is 6.42 Å². The van der Waals surface area contributed by atoms with Crippen molar-refractivity contribution in [3.05, 3.63) is 65.0 Å². The Labute approximate surface area is 185 Å². The molecule has 1 atom stereocenters. The molecule has 0 saturated heterocycles. The van der Waals surface area contributed by atoms with Gasteiger partial charge in [-0.15, -0.1) is 0 Å². The summed E-state index contributed by atoms with van der Waals surface area (Å²) in [4.78, 5) is 12.4. The van der Waals surface area contributed by atoms with E-state index in [0.717, 1.165) is 24.3 Å². The molecule has 0 heterocycles. The molecule has 0 amide bonds. The molecule has 0 spiro atoms. The van der Waals surface area contributed by atoms with Crippen molar-refractivity contribution in [3.8, 4) is 11.8 Å². The highest BCUT2D eigenvalue weighted by Crippen LogP contribution is 2.36. The van der Waals surface area contributed by atoms with Crippen LogP contribution in [0.3, 0.4) is 0 Å². The quantitative estimate of drug-likeness (QED) is 0.338. The van der Waals surface area contributed by atoms with Gasteiger partial charge in [-0.3, -0.25) is 0 Å². The third-order valence-corrected chi connectivity index (χ3v) is 6.68. The number of ether oxygens (including phenoxy) is 1. The molecule has 2 aromatic rings. The molecule has 0 aromatic heterocycles. The van der Waals surface area contributed by atoms with Gasteiger partial charge >= 0.3 is 5.97 Å². The lowest BCUT2D eigenvalue weighted by Crippen LogP contribution is -2.21. The van der Waals surface area contributed by atoms with E-state index in [0.29, 0.717) is 11.5 Å². The molecule has 0 bridgehead atoms. The maximum Gasteiger partial charge on any atom is 0.343 e. The molecule has 0 radical (unpaired) electrons. The second kappa shape index (κ2) is 11.1. The van der Waals surface area contributed by atoms with Gasteiger partial charge in [-0.2, -0.15) is 5.26 Å². The van der Waals surface area contributed by atoms with Crippen molar-refractivity contribution < 1.29 is 13.9 Å². The van der Waals surface area contributed by atoms with Crippen LogP contribution in [0.1, 0.15) is 80.3 Å². The second-order valence-corrected chi connectivity index (χ2v) is 8.94. The van der Waals surface area contributed by atoms with E-state index in [1.165, 1.54) is 62.6 Å². The van der Waals surface area contributed by atoms with Crippen LogP contribution in [0.25, 0.3) is 0 Å². The molecule has 3 rings (SSSR count). The minimum absolute atomic E-state index is 0.0762. The fourth-order valence-electron chi connectivity index (χ4n) is 4.67. The number of unbranched alkanes of at least 4 members (excludes halogenated alkanes) is 1. The first-order chi connectivity index (χ1) is 15.0.